The number of ether oxygens (including phenoxy) is 1. The molecule has 6 nitrogen and oxygen atoms in total. The molecular weight excluding hydrogens is 490 g/mol. The molecule has 0 saturated carbocycles. The Labute approximate surface area is 218 Å². The number of carbonyl (C=O) groups excluding carboxylic acids is 2. The van der Waals surface area contributed by atoms with Crippen LogP contribution in [-0.2, 0) is 11.3 Å². The molecule has 0 spiro atoms. The van der Waals surface area contributed by atoms with Crippen LogP contribution in [0.2, 0.25) is 0 Å². The summed E-state index contributed by atoms with van der Waals surface area (Å²) < 4.78 is 7.58. The summed E-state index contributed by atoms with van der Waals surface area (Å²) in [5.41, 5.74) is 7.43. The smallest absolute Gasteiger partial charge is 0.285 e. The van der Waals surface area contributed by atoms with Gasteiger partial charge in [0.25, 0.3) is 11.8 Å². The molecule has 4 aromatic rings. The summed E-state index contributed by atoms with van der Waals surface area (Å²) in [5.74, 6) is -0.145. The van der Waals surface area contributed by atoms with E-state index in [0.717, 1.165) is 21.5 Å². The van der Waals surface area contributed by atoms with Crippen LogP contribution in [0.3, 0.4) is 0 Å². The largest absolute Gasteiger partial charge is 0.497 e. The highest BCUT2D eigenvalue weighted by Crippen LogP contribution is 2.34. The van der Waals surface area contributed by atoms with E-state index in [1.807, 2.05) is 30.5 Å². The lowest BCUT2D eigenvalue weighted by Crippen LogP contribution is -2.44. The van der Waals surface area contributed by atoms with Gasteiger partial charge in [-0.15, -0.1) is 0 Å². The predicted octanol–water partition coefficient (Wildman–Crippen LogP) is 5.55. The van der Waals surface area contributed by atoms with E-state index in [9.17, 15) is 9.59 Å². The van der Waals surface area contributed by atoms with Crippen molar-refractivity contribution in [1.82, 2.24) is 15.0 Å². The van der Waals surface area contributed by atoms with Gasteiger partial charge < -0.3 is 9.30 Å². The van der Waals surface area contributed by atoms with E-state index in [4.69, 9.17) is 17.0 Å². The second-order valence-electron chi connectivity index (χ2n) is 8.40. The van der Waals surface area contributed by atoms with Gasteiger partial charge in [0.15, 0.2) is 4.32 Å². The number of amides is 2. The molecule has 8 heteroatoms. The summed E-state index contributed by atoms with van der Waals surface area (Å²) in [6, 6.07) is 23.2. The van der Waals surface area contributed by atoms with Gasteiger partial charge in [-0.2, -0.15) is 5.01 Å². The molecule has 0 unspecified atom stereocenters. The number of aryl methyl sites for hydroxylation is 1. The Morgan fingerprint density at radius 1 is 1.06 bits per heavy atom. The van der Waals surface area contributed by atoms with Crippen LogP contribution in [0.25, 0.3) is 17.0 Å². The minimum absolute atomic E-state index is 0.275. The quantitative estimate of drug-likeness (QED) is 0.270. The zero-order chi connectivity index (χ0) is 25.2. The van der Waals surface area contributed by atoms with E-state index in [1.54, 1.807) is 31.4 Å². The van der Waals surface area contributed by atoms with Gasteiger partial charge in [-0.3, -0.25) is 15.0 Å². The highest BCUT2D eigenvalue weighted by Gasteiger charge is 2.34. The summed E-state index contributed by atoms with van der Waals surface area (Å²) >= 11 is 6.57. The lowest BCUT2D eigenvalue weighted by Gasteiger charge is -2.15. The van der Waals surface area contributed by atoms with Gasteiger partial charge in [0.2, 0.25) is 0 Å². The third-order valence-electron chi connectivity index (χ3n) is 5.94. The van der Waals surface area contributed by atoms with Gasteiger partial charge in [-0.05, 0) is 61.1 Å². The van der Waals surface area contributed by atoms with E-state index < -0.39 is 5.91 Å². The summed E-state index contributed by atoms with van der Waals surface area (Å²) in [5, 5.41) is 2.17. The van der Waals surface area contributed by atoms with Gasteiger partial charge in [0.1, 0.15) is 5.75 Å². The van der Waals surface area contributed by atoms with Crippen molar-refractivity contribution in [2.45, 2.75) is 13.5 Å². The molecule has 2 heterocycles. The molecule has 1 aliphatic heterocycles. The van der Waals surface area contributed by atoms with E-state index in [2.05, 4.69) is 47.2 Å². The number of hydrazine groups is 1. The van der Waals surface area contributed by atoms with E-state index in [0.29, 0.717) is 22.8 Å². The molecule has 2 amide bonds. The SMILES string of the molecule is COc1ccc(C(=O)NN2C(=O)/C(=C/c3cn(Cc4ccc(C)cc4)c4ccccc34)SC2=S)cc1. The number of thioether (sulfide) groups is 1. The molecule has 0 aliphatic carbocycles. The lowest BCUT2D eigenvalue weighted by molar-refractivity contribution is -0.123. The number of nitrogens with zero attached hydrogens (tertiary/aromatic N) is 2. The first kappa shape index (κ1) is 23.8. The van der Waals surface area contributed by atoms with E-state index in [1.165, 1.54) is 22.9 Å². The van der Waals surface area contributed by atoms with Crippen molar-refractivity contribution in [3.63, 3.8) is 0 Å². The van der Waals surface area contributed by atoms with Gasteiger partial charge in [-0.25, -0.2) is 0 Å². The fourth-order valence-electron chi connectivity index (χ4n) is 4.03. The van der Waals surface area contributed by atoms with Crippen molar-refractivity contribution in [3.05, 3.63) is 106 Å². The van der Waals surface area contributed by atoms with Crippen molar-refractivity contribution < 1.29 is 14.3 Å². The maximum Gasteiger partial charge on any atom is 0.285 e. The minimum atomic E-state index is -0.426. The normalized spacial score (nSPS) is 14.6. The molecule has 0 atom stereocenters. The Hall–Kier alpha value is -3.88. The van der Waals surface area contributed by atoms with Crippen LogP contribution in [0, 0.1) is 6.92 Å². The monoisotopic (exact) mass is 513 g/mol. The fraction of sp³-hybridized carbons (Fsp3) is 0.107. The summed E-state index contributed by atoms with van der Waals surface area (Å²) in [4.78, 5) is 26.3. The Morgan fingerprint density at radius 2 is 1.78 bits per heavy atom. The van der Waals surface area contributed by atoms with Crippen LogP contribution in [-0.4, -0.2) is 32.8 Å². The van der Waals surface area contributed by atoms with Gasteiger partial charge in [-0.1, -0.05) is 59.8 Å². The molecule has 3 aromatic carbocycles. The molecule has 1 fully saturated rings. The van der Waals surface area contributed by atoms with Crippen LogP contribution in [0.4, 0.5) is 0 Å². The minimum Gasteiger partial charge on any atom is -0.497 e. The van der Waals surface area contributed by atoms with Gasteiger partial charge in [0.05, 0.1) is 12.0 Å². The summed E-state index contributed by atoms with van der Waals surface area (Å²) in [6.07, 6.45) is 3.89. The Bertz CT molecular complexity index is 1510. The van der Waals surface area contributed by atoms with Crippen LogP contribution >= 0.6 is 24.0 Å². The molecule has 1 saturated heterocycles. The maximum atomic E-state index is 13.2. The van der Waals surface area contributed by atoms with Crippen LogP contribution in [0.15, 0.2) is 83.9 Å². The predicted molar refractivity (Wildman–Crippen MR) is 148 cm³/mol. The Morgan fingerprint density at radius 3 is 2.50 bits per heavy atom. The van der Waals surface area contributed by atoms with Gasteiger partial charge in [0, 0.05) is 34.8 Å². The van der Waals surface area contributed by atoms with Gasteiger partial charge >= 0.3 is 0 Å². The third-order valence-corrected chi connectivity index (χ3v) is 7.24. The Kier molecular flexibility index (Phi) is 6.63. The van der Waals surface area contributed by atoms with Crippen molar-refractivity contribution in [2.75, 3.05) is 7.11 Å². The zero-order valence-electron chi connectivity index (χ0n) is 19.7. The number of fused-ring (bicyclic) bond motifs is 1. The fourth-order valence-corrected chi connectivity index (χ4v) is 5.20. The summed E-state index contributed by atoms with van der Waals surface area (Å²) in [7, 11) is 1.56. The van der Waals surface area contributed by atoms with Crippen LogP contribution < -0.4 is 10.2 Å². The standard InChI is InChI=1S/C28H23N3O3S2/c1-18-7-9-19(10-8-18)16-30-17-21(23-5-3-4-6-24(23)30)15-25-27(33)31(28(35)36-25)29-26(32)20-11-13-22(34-2)14-12-20/h3-15,17H,16H2,1-2H3,(H,29,32)/b25-15-. The maximum absolute atomic E-state index is 13.2. The van der Waals surface area contributed by atoms with E-state index in [-0.39, 0.29) is 10.2 Å². The average molecular weight is 514 g/mol. The second-order valence-corrected chi connectivity index (χ2v) is 10.1. The number of hydrogen-bond donors (Lipinski definition) is 1. The first-order valence-corrected chi connectivity index (χ1v) is 12.5. The topological polar surface area (TPSA) is 63.6 Å². The molecule has 5 rings (SSSR count). The molecule has 1 N–H and O–H groups in total. The Balaban J connectivity index is 1.39. The number of aromatic nitrogens is 1. The number of benzene rings is 3. The summed E-state index contributed by atoms with van der Waals surface area (Å²) in [6.45, 7) is 2.79. The molecule has 1 aliphatic rings. The second kappa shape index (κ2) is 10.0. The van der Waals surface area contributed by atoms with Crippen molar-refractivity contribution in [2.24, 2.45) is 0 Å². The highest BCUT2D eigenvalue weighted by molar-refractivity contribution is 8.26. The number of hydrogen-bond acceptors (Lipinski definition) is 5. The average Bonchev–Trinajstić information content (AvgIpc) is 3.37. The lowest BCUT2D eigenvalue weighted by atomic mass is 10.1. The number of methoxy groups -OCH3 is 1. The zero-order valence-corrected chi connectivity index (χ0v) is 21.4. The van der Waals surface area contributed by atoms with Crippen molar-refractivity contribution in [1.29, 1.82) is 0 Å². The molecule has 0 bridgehead atoms. The van der Waals surface area contributed by atoms with E-state index >= 15 is 0 Å². The van der Waals surface area contributed by atoms with Crippen molar-refractivity contribution in [3.8, 4) is 5.75 Å². The first-order valence-electron chi connectivity index (χ1n) is 11.3. The molecule has 0 radical (unpaired) electrons. The van der Waals surface area contributed by atoms with Crippen LogP contribution in [0.1, 0.15) is 27.0 Å². The third kappa shape index (κ3) is 4.78. The number of nitrogens with one attached hydrogen (secondary N) is 1. The first-order chi connectivity index (χ1) is 17.4. The molecule has 180 valence electrons. The number of thiocarbonyl (C=S) groups is 1. The van der Waals surface area contributed by atoms with Crippen LogP contribution in [0.5, 0.6) is 5.75 Å². The number of rotatable bonds is 6. The molecular formula is C28H23N3O3S2. The molecule has 36 heavy (non-hydrogen) atoms. The van der Waals surface area contributed by atoms with Crippen molar-refractivity contribution >= 4 is 57.1 Å². The molecule has 1 aromatic heterocycles. The number of carbonyl (C=O) groups is 2. The number of para-hydroxylation sites is 1. The highest BCUT2D eigenvalue weighted by atomic mass is 32.2.